The molecule has 0 saturated carbocycles. The molecule has 24 heavy (non-hydrogen) atoms. The number of aryl methyl sites for hydroxylation is 2. The van der Waals surface area contributed by atoms with Crippen LogP contribution in [0.15, 0.2) is 41.7 Å². The summed E-state index contributed by atoms with van der Waals surface area (Å²) in [7, 11) is 0. The highest BCUT2D eigenvalue weighted by atomic mass is 35.5. The van der Waals surface area contributed by atoms with E-state index in [9.17, 15) is 4.79 Å². The summed E-state index contributed by atoms with van der Waals surface area (Å²) >= 11 is 12.2. The fourth-order valence-electron chi connectivity index (χ4n) is 2.85. The van der Waals surface area contributed by atoms with Gasteiger partial charge in [0.25, 0.3) is 0 Å². The third kappa shape index (κ3) is 2.79. The maximum atomic E-state index is 12.9. The summed E-state index contributed by atoms with van der Waals surface area (Å²) in [5, 5.41) is 1.13. The third-order valence-corrected chi connectivity index (χ3v) is 4.86. The predicted octanol–water partition coefficient (Wildman–Crippen LogP) is 5.27. The van der Waals surface area contributed by atoms with Crippen molar-refractivity contribution in [3.8, 4) is 0 Å². The molecule has 0 aliphatic carbocycles. The molecule has 1 aromatic heterocycles. The van der Waals surface area contributed by atoms with Crippen molar-refractivity contribution < 1.29 is 0 Å². The third-order valence-electron chi connectivity index (χ3n) is 4.27. The first-order valence-electron chi connectivity index (χ1n) is 7.62. The van der Waals surface area contributed by atoms with E-state index in [1.807, 2.05) is 39.0 Å². The van der Waals surface area contributed by atoms with Crippen molar-refractivity contribution in [3.05, 3.63) is 74.1 Å². The minimum Gasteiger partial charge on any atom is -0.287 e. The van der Waals surface area contributed by atoms with Gasteiger partial charge in [0.1, 0.15) is 0 Å². The number of halogens is 2. The molecule has 124 valence electrons. The van der Waals surface area contributed by atoms with Crippen molar-refractivity contribution in [1.29, 1.82) is 0 Å². The van der Waals surface area contributed by atoms with Gasteiger partial charge in [0.05, 0.1) is 17.6 Å². The molecule has 1 heterocycles. The zero-order valence-electron chi connectivity index (χ0n) is 13.9. The SMILES string of the molecule is C=C(C)n1c(=O)n(Cc2ccc(Cl)cc2Cl)c2cc(C)c(C)cc21. The van der Waals surface area contributed by atoms with Gasteiger partial charge in [0, 0.05) is 15.7 Å². The molecule has 0 spiro atoms. The van der Waals surface area contributed by atoms with Gasteiger partial charge in [0.2, 0.25) is 0 Å². The molecule has 3 nitrogen and oxygen atoms in total. The van der Waals surface area contributed by atoms with Crippen molar-refractivity contribution >= 4 is 39.9 Å². The maximum absolute atomic E-state index is 12.9. The van der Waals surface area contributed by atoms with E-state index in [0.29, 0.717) is 22.3 Å². The van der Waals surface area contributed by atoms with E-state index in [0.717, 1.165) is 27.7 Å². The molecule has 0 amide bonds. The van der Waals surface area contributed by atoms with Crippen LogP contribution in [0.2, 0.25) is 10.0 Å². The summed E-state index contributed by atoms with van der Waals surface area (Å²) in [6.07, 6.45) is 0. The van der Waals surface area contributed by atoms with E-state index >= 15 is 0 Å². The van der Waals surface area contributed by atoms with Gasteiger partial charge in [-0.15, -0.1) is 0 Å². The van der Waals surface area contributed by atoms with E-state index in [-0.39, 0.29) is 5.69 Å². The molecule has 3 rings (SSSR count). The molecule has 0 aliphatic heterocycles. The molecular formula is C19H18Cl2N2O. The number of allylic oxidation sites excluding steroid dienone is 1. The monoisotopic (exact) mass is 360 g/mol. The van der Waals surface area contributed by atoms with Gasteiger partial charge >= 0.3 is 5.69 Å². The predicted molar refractivity (Wildman–Crippen MR) is 102 cm³/mol. The lowest BCUT2D eigenvalue weighted by Gasteiger charge is -2.07. The Labute approximate surface area is 150 Å². The van der Waals surface area contributed by atoms with Crippen molar-refractivity contribution in [2.24, 2.45) is 0 Å². The van der Waals surface area contributed by atoms with Crippen molar-refractivity contribution in [1.82, 2.24) is 9.13 Å². The summed E-state index contributed by atoms with van der Waals surface area (Å²) < 4.78 is 3.37. The Morgan fingerprint density at radius 1 is 1.08 bits per heavy atom. The fraction of sp³-hybridized carbons (Fsp3) is 0.211. The van der Waals surface area contributed by atoms with Crippen molar-refractivity contribution in [2.45, 2.75) is 27.3 Å². The molecule has 3 aromatic rings. The molecule has 0 N–H and O–H groups in total. The van der Waals surface area contributed by atoms with Gasteiger partial charge in [-0.1, -0.05) is 35.8 Å². The zero-order chi connectivity index (χ0) is 17.6. The Morgan fingerprint density at radius 3 is 2.29 bits per heavy atom. The molecule has 0 atom stereocenters. The number of rotatable bonds is 3. The normalized spacial score (nSPS) is 11.2. The second-order valence-electron chi connectivity index (χ2n) is 6.10. The first-order valence-corrected chi connectivity index (χ1v) is 8.37. The minimum absolute atomic E-state index is 0.117. The maximum Gasteiger partial charge on any atom is 0.333 e. The van der Waals surface area contributed by atoms with Gasteiger partial charge in [-0.25, -0.2) is 4.79 Å². The van der Waals surface area contributed by atoms with Crippen LogP contribution in [0, 0.1) is 13.8 Å². The summed E-state index contributed by atoms with van der Waals surface area (Å²) in [5.41, 5.74) is 5.43. The van der Waals surface area contributed by atoms with Crippen LogP contribution in [0.25, 0.3) is 16.7 Å². The van der Waals surface area contributed by atoms with Crippen LogP contribution in [0.1, 0.15) is 23.6 Å². The number of benzene rings is 2. The van der Waals surface area contributed by atoms with Crippen LogP contribution in [0.4, 0.5) is 0 Å². The summed E-state index contributed by atoms with van der Waals surface area (Å²) in [6.45, 7) is 10.2. The Morgan fingerprint density at radius 2 is 1.71 bits per heavy atom. The number of hydrogen-bond donors (Lipinski definition) is 0. The summed E-state index contributed by atoms with van der Waals surface area (Å²) in [5.74, 6) is 0. The lowest BCUT2D eigenvalue weighted by Crippen LogP contribution is -2.23. The number of imidazole rings is 1. The van der Waals surface area contributed by atoms with Gasteiger partial charge in [-0.05, 0) is 61.7 Å². The van der Waals surface area contributed by atoms with Crippen LogP contribution in [-0.2, 0) is 6.54 Å². The van der Waals surface area contributed by atoms with Gasteiger partial charge < -0.3 is 0 Å². The average Bonchev–Trinajstić information content (AvgIpc) is 2.74. The van der Waals surface area contributed by atoms with E-state index in [4.69, 9.17) is 23.2 Å². The highest BCUT2D eigenvalue weighted by molar-refractivity contribution is 6.35. The minimum atomic E-state index is -0.117. The van der Waals surface area contributed by atoms with E-state index in [1.165, 1.54) is 0 Å². The van der Waals surface area contributed by atoms with Crippen molar-refractivity contribution in [3.63, 3.8) is 0 Å². The first-order chi connectivity index (χ1) is 11.3. The number of hydrogen-bond acceptors (Lipinski definition) is 1. The van der Waals surface area contributed by atoms with Crippen LogP contribution in [0.5, 0.6) is 0 Å². The van der Waals surface area contributed by atoms with Crippen LogP contribution in [0.3, 0.4) is 0 Å². The van der Waals surface area contributed by atoms with Crippen molar-refractivity contribution in [2.75, 3.05) is 0 Å². The summed E-state index contributed by atoms with van der Waals surface area (Å²) in [6, 6.07) is 9.39. The van der Waals surface area contributed by atoms with Crippen LogP contribution in [-0.4, -0.2) is 9.13 Å². The standard InChI is InChI=1S/C19H18Cl2N2O/c1-11(2)23-18-8-13(4)12(3)7-17(18)22(19(23)24)10-14-5-6-15(20)9-16(14)21/h5-9H,1,10H2,2-4H3. The van der Waals surface area contributed by atoms with Gasteiger partial charge in [-0.3, -0.25) is 9.13 Å². The molecule has 0 fully saturated rings. The molecule has 0 unspecified atom stereocenters. The number of nitrogens with zero attached hydrogens (tertiary/aromatic N) is 2. The molecule has 0 saturated heterocycles. The topological polar surface area (TPSA) is 26.9 Å². The molecule has 0 radical (unpaired) electrons. The molecule has 2 aromatic carbocycles. The van der Waals surface area contributed by atoms with Crippen LogP contribution < -0.4 is 5.69 Å². The second kappa shape index (κ2) is 6.15. The molecule has 0 aliphatic rings. The van der Waals surface area contributed by atoms with Gasteiger partial charge in [0.15, 0.2) is 0 Å². The Balaban J connectivity index is 2.27. The average molecular weight is 361 g/mol. The number of fused-ring (bicyclic) bond motifs is 1. The fourth-order valence-corrected chi connectivity index (χ4v) is 3.32. The van der Waals surface area contributed by atoms with E-state index in [2.05, 4.69) is 6.58 Å². The lowest BCUT2D eigenvalue weighted by molar-refractivity contribution is 0.766. The summed E-state index contributed by atoms with van der Waals surface area (Å²) in [4.78, 5) is 12.9. The molecule has 5 heteroatoms. The lowest BCUT2D eigenvalue weighted by atomic mass is 10.1. The second-order valence-corrected chi connectivity index (χ2v) is 6.94. The van der Waals surface area contributed by atoms with E-state index < -0.39 is 0 Å². The van der Waals surface area contributed by atoms with Crippen LogP contribution >= 0.6 is 23.2 Å². The van der Waals surface area contributed by atoms with Gasteiger partial charge in [-0.2, -0.15) is 0 Å². The Hall–Kier alpha value is -1.97. The Bertz CT molecular complexity index is 1030. The first kappa shape index (κ1) is 16.9. The molecular weight excluding hydrogens is 343 g/mol. The smallest absolute Gasteiger partial charge is 0.287 e. The molecule has 0 bridgehead atoms. The number of aromatic nitrogens is 2. The highest BCUT2D eigenvalue weighted by Crippen LogP contribution is 2.25. The zero-order valence-corrected chi connectivity index (χ0v) is 15.4. The largest absolute Gasteiger partial charge is 0.333 e. The van der Waals surface area contributed by atoms with E-state index in [1.54, 1.807) is 21.3 Å². The quantitative estimate of drug-likeness (QED) is 0.625. The Kier molecular flexibility index (Phi) is 4.33. The highest BCUT2D eigenvalue weighted by Gasteiger charge is 2.16.